The van der Waals surface area contributed by atoms with Crippen LogP contribution in [0.25, 0.3) is 10.2 Å². The van der Waals surface area contributed by atoms with Crippen LogP contribution in [-0.4, -0.2) is 62.3 Å². The SMILES string of the molecule is COc1ccc2sc(N(CCCN3CCOCC3)C(=O)Cc3ccc(C)c(C)c3)nc2c1.Cl. The average Bonchev–Trinajstić information content (AvgIpc) is 3.22. The fraction of sp³-hybridized carbons (Fsp3) is 0.440. The quantitative estimate of drug-likeness (QED) is 0.461. The molecule has 2 heterocycles. The number of benzene rings is 2. The second-order valence-electron chi connectivity index (χ2n) is 8.28. The zero-order chi connectivity index (χ0) is 22.5. The number of hydrogen-bond donors (Lipinski definition) is 0. The number of halogens is 1. The molecule has 178 valence electrons. The zero-order valence-corrected chi connectivity index (χ0v) is 21.1. The third-order valence-electron chi connectivity index (χ3n) is 6.00. The van der Waals surface area contributed by atoms with Crippen LogP contribution in [0.3, 0.4) is 0 Å². The number of aryl methyl sites for hydroxylation is 2. The molecule has 1 aromatic heterocycles. The molecule has 33 heavy (non-hydrogen) atoms. The fourth-order valence-corrected chi connectivity index (χ4v) is 4.91. The van der Waals surface area contributed by atoms with E-state index in [0.29, 0.717) is 13.0 Å². The molecule has 0 spiro atoms. The van der Waals surface area contributed by atoms with Gasteiger partial charge < -0.3 is 9.47 Å². The van der Waals surface area contributed by atoms with Gasteiger partial charge in [-0.15, -0.1) is 12.4 Å². The van der Waals surface area contributed by atoms with Gasteiger partial charge in [0.15, 0.2) is 5.13 Å². The van der Waals surface area contributed by atoms with Crippen molar-refractivity contribution in [3.05, 3.63) is 53.1 Å². The molecule has 2 aromatic carbocycles. The van der Waals surface area contributed by atoms with E-state index < -0.39 is 0 Å². The number of fused-ring (bicyclic) bond motifs is 1. The monoisotopic (exact) mass is 489 g/mol. The lowest BCUT2D eigenvalue weighted by atomic mass is 10.0. The standard InChI is InChI=1S/C25H31N3O3S.ClH/c1-18-5-6-20(15-19(18)2)16-24(29)28(10-4-9-27-11-13-31-14-12-27)25-26-22-17-21(30-3)7-8-23(22)32-25;/h5-8,15,17H,4,9-14,16H2,1-3H3;1H. The third kappa shape index (κ3) is 6.44. The normalized spacial score (nSPS) is 14.2. The maximum absolute atomic E-state index is 13.4. The summed E-state index contributed by atoms with van der Waals surface area (Å²) >= 11 is 1.56. The van der Waals surface area contributed by atoms with E-state index in [-0.39, 0.29) is 18.3 Å². The number of carbonyl (C=O) groups excluding carboxylic acids is 1. The Morgan fingerprint density at radius 1 is 1.15 bits per heavy atom. The van der Waals surface area contributed by atoms with E-state index in [2.05, 4.69) is 36.9 Å². The number of thiazole rings is 1. The molecule has 0 atom stereocenters. The Morgan fingerprint density at radius 3 is 2.67 bits per heavy atom. The number of morpholine rings is 1. The minimum atomic E-state index is 0. The zero-order valence-electron chi connectivity index (χ0n) is 19.5. The molecule has 0 unspecified atom stereocenters. The van der Waals surface area contributed by atoms with Crippen molar-refractivity contribution in [2.24, 2.45) is 0 Å². The Labute approximate surface area is 205 Å². The molecule has 1 saturated heterocycles. The van der Waals surface area contributed by atoms with Crippen LogP contribution >= 0.6 is 23.7 Å². The minimum absolute atomic E-state index is 0. The molecule has 0 N–H and O–H groups in total. The van der Waals surface area contributed by atoms with Gasteiger partial charge in [-0.25, -0.2) is 4.98 Å². The summed E-state index contributed by atoms with van der Waals surface area (Å²) in [6, 6.07) is 12.1. The molecule has 3 aromatic rings. The molecule has 6 nitrogen and oxygen atoms in total. The van der Waals surface area contributed by atoms with Gasteiger partial charge in [0.25, 0.3) is 0 Å². The van der Waals surface area contributed by atoms with Crippen molar-refractivity contribution >= 4 is 45.0 Å². The number of aromatic nitrogens is 1. The highest BCUT2D eigenvalue weighted by molar-refractivity contribution is 7.22. The van der Waals surface area contributed by atoms with Crippen molar-refractivity contribution < 1.29 is 14.3 Å². The molecule has 1 aliphatic heterocycles. The first-order valence-electron chi connectivity index (χ1n) is 11.1. The van der Waals surface area contributed by atoms with Crippen molar-refractivity contribution in [1.29, 1.82) is 0 Å². The molecule has 1 fully saturated rings. The molecule has 1 amide bonds. The largest absolute Gasteiger partial charge is 0.497 e. The number of nitrogens with zero attached hydrogens (tertiary/aromatic N) is 3. The van der Waals surface area contributed by atoms with Crippen molar-refractivity contribution in [2.45, 2.75) is 26.7 Å². The molecule has 0 aliphatic carbocycles. The third-order valence-corrected chi connectivity index (χ3v) is 7.06. The summed E-state index contributed by atoms with van der Waals surface area (Å²) in [5.74, 6) is 0.857. The van der Waals surface area contributed by atoms with Gasteiger partial charge in [-0.3, -0.25) is 14.6 Å². The van der Waals surface area contributed by atoms with Gasteiger partial charge in [-0.05, 0) is 49.1 Å². The van der Waals surface area contributed by atoms with E-state index in [1.807, 2.05) is 23.1 Å². The van der Waals surface area contributed by atoms with Crippen molar-refractivity contribution in [1.82, 2.24) is 9.88 Å². The molecule has 0 radical (unpaired) electrons. The molecule has 0 bridgehead atoms. The van der Waals surface area contributed by atoms with Gasteiger partial charge in [0.1, 0.15) is 5.75 Å². The van der Waals surface area contributed by atoms with Gasteiger partial charge in [-0.2, -0.15) is 0 Å². The second kappa shape index (κ2) is 11.8. The first-order valence-corrected chi connectivity index (χ1v) is 12.0. The molecular formula is C25H32ClN3O3S. The molecule has 8 heteroatoms. The van der Waals surface area contributed by atoms with E-state index in [1.165, 1.54) is 11.1 Å². The Morgan fingerprint density at radius 2 is 1.94 bits per heavy atom. The number of amides is 1. The fourth-order valence-electron chi connectivity index (χ4n) is 3.93. The summed E-state index contributed by atoms with van der Waals surface area (Å²) < 4.78 is 11.8. The van der Waals surface area contributed by atoms with Gasteiger partial charge in [0.2, 0.25) is 5.91 Å². The van der Waals surface area contributed by atoms with Crippen LogP contribution in [-0.2, 0) is 16.0 Å². The Hall–Kier alpha value is -2.19. The second-order valence-corrected chi connectivity index (χ2v) is 9.29. The highest BCUT2D eigenvalue weighted by Crippen LogP contribution is 2.31. The lowest BCUT2D eigenvalue weighted by molar-refractivity contribution is -0.118. The summed E-state index contributed by atoms with van der Waals surface area (Å²) in [4.78, 5) is 22.5. The van der Waals surface area contributed by atoms with Gasteiger partial charge in [-0.1, -0.05) is 29.5 Å². The highest BCUT2D eigenvalue weighted by atomic mass is 35.5. The van der Waals surface area contributed by atoms with E-state index in [1.54, 1.807) is 18.4 Å². The Balaban J connectivity index is 0.00000306. The van der Waals surface area contributed by atoms with E-state index >= 15 is 0 Å². The molecular weight excluding hydrogens is 458 g/mol. The molecule has 0 saturated carbocycles. The van der Waals surface area contributed by atoms with Crippen LogP contribution < -0.4 is 9.64 Å². The maximum Gasteiger partial charge on any atom is 0.233 e. The van der Waals surface area contributed by atoms with E-state index in [4.69, 9.17) is 14.5 Å². The van der Waals surface area contributed by atoms with Crippen LogP contribution in [0.15, 0.2) is 36.4 Å². The number of carbonyl (C=O) groups is 1. The van der Waals surface area contributed by atoms with Gasteiger partial charge in [0.05, 0.1) is 37.0 Å². The summed E-state index contributed by atoms with van der Waals surface area (Å²) in [5, 5.41) is 0.754. The summed E-state index contributed by atoms with van der Waals surface area (Å²) in [6.07, 6.45) is 1.27. The van der Waals surface area contributed by atoms with Crippen molar-refractivity contribution in [3.63, 3.8) is 0 Å². The molecule has 4 rings (SSSR count). The minimum Gasteiger partial charge on any atom is -0.497 e. The molecule has 1 aliphatic rings. The van der Waals surface area contributed by atoms with Crippen LogP contribution in [0.5, 0.6) is 5.75 Å². The van der Waals surface area contributed by atoms with Crippen LogP contribution in [0.1, 0.15) is 23.1 Å². The topological polar surface area (TPSA) is 54.9 Å². The Bertz CT molecular complexity index is 1080. The first kappa shape index (κ1) is 25.4. The van der Waals surface area contributed by atoms with Crippen LogP contribution in [0, 0.1) is 13.8 Å². The predicted octanol–water partition coefficient (Wildman–Crippen LogP) is 4.64. The van der Waals surface area contributed by atoms with E-state index in [0.717, 1.165) is 65.9 Å². The van der Waals surface area contributed by atoms with Crippen LogP contribution in [0.4, 0.5) is 5.13 Å². The van der Waals surface area contributed by atoms with E-state index in [9.17, 15) is 4.79 Å². The number of rotatable bonds is 8. The van der Waals surface area contributed by atoms with Crippen LogP contribution in [0.2, 0.25) is 0 Å². The lowest BCUT2D eigenvalue weighted by Crippen LogP contribution is -2.39. The number of ether oxygens (including phenoxy) is 2. The number of hydrogen-bond acceptors (Lipinski definition) is 6. The smallest absolute Gasteiger partial charge is 0.233 e. The highest BCUT2D eigenvalue weighted by Gasteiger charge is 2.21. The number of anilines is 1. The maximum atomic E-state index is 13.4. The predicted molar refractivity (Wildman–Crippen MR) is 137 cm³/mol. The van der Waals surface area contributed by atoms with Gasteiger partial charge in [0, 0.05) is 32.2 Å². The summed E-state index contributed by atoms with van der Waals surface area (Å²) in [6.45, 7) is 9.27. The van der Waals surface area contributed by atoms with Crippen molar-refractivity contribution in [3.8, 4) is 5.75 Å². The number of methoxy groups -OCH3 is 1. The Kier molecular flexibility index (Phi) is 9.09. The van der Waals surface area contributed by atoms with Crippen molar-refractivity contribution in [2.75, 3.05) is 51.4 Å². The lowest BCUT2D eigenvalue weighted by Gasteiger charge is -2.27. The summed E-state index contributed by atoms with van der Waals surface area (Å²) in [7, 11) is 1.65. The van der Waals surface area contributed by atoms with Gasteiger partial charge >= 0.3 is 0 Å². The average molecular weight is 490 g/mol. The summed E-state index contributed by atoms with van der Waals surface area (Å²) in [5.41, 5.74) is 4.35. The first-order chi connectivity index (χ1) is 15.5.